The SMILES string of the molecule is Cc1ccc(NC(=O)N2c3ccccc3NC3=C(C(=O)CCC3)C2c2cccs2)c(Cl)c1. The van der Waals surface area contributed by atoms with E-state index in [1.807, 2.05) is 60.8 Å². The Morgan fingerprint density at radius 2 is 2.00 bits per heavy atom. The fourth-order valence-corrected chi connectivity index (χ4v) is 5.48. The zero-order chi connectivity index (χ0) is 22.2. The van der Waals surface area contributed by atoms with Gasteiger partial charge in [-0.3, -0.25) is 9.69 Å². The number of thiophene rings is 1. The lowest BCUT2D eigenvalue weighted by molar-refractivity contribution is -0.116. The highest BCUT2D eigenvalue weighted by molar-refractivity contribution is 7.10. The number of amides is 2. The Bertz CT molecular complexity index is 1240. The Kier molecular flexibility index (Phi) is 5.49. The van der Waals surface area contributed by atoms with Crippen molar-refractivity contribution in [1.29, 1.82) is 0 Å². The molecule has 0 radical (unpaired) electrons. The molecule has 0 saturated carbocycles. The van der Waals surface area contributed by atoms with Crippen LogP contribution < -0.4 is 15.5 Å². The summed E-state index contributed by atoms with van der Waals surface area (Å²) in [6.07, 6.45) is 2.06. The quantitative estimate of drug-likeness (QED) is 0.433. The number of ketones is 1. The molecule has 1 aliphatic carbocycles. The van der Waals surface area contributed by atoms with Gasteiger partial charge in [-0.1, -0.05) is 35.9 Å². The maximum atomic E-state index is 13.8. The molecular weight excluding hydrogens is 442 g/mol. The van der Waals surface area contributed by atoms with Crippen molar-refractivity contribution in [1.82, 2.24) is 0 Å². The average molecular weight is 464 g/mol. The van der Waals surface area contributed by atoms with E-state index in [0.717, 1.165) is 34.7 Å². The first-order valence-electron chi connectivity index (χ1n) is 10.5. The minimum atomic E-state index is -0.516. The van der Waals surface area contributed by atoms with Crippen LogP contribution in [-0.2, 0) is 4.79 Å². The topological polar surface area (TPSA) is 61.4 Å². The summed E-state index contributed by atoms with van der Waals surface area (Å²) in [5, 5.41) is 8.89. The van der Waals surface area contributed by atoms with Gasteiger partial charge in [0.1, 0.15) is 6.04 Å². The maximum Gasteiger partial charge on any atom is 0.327 e. The third-order valence-corrected chi connectivity index (χ3v) is 7.07. The van der Waals surface area contributed by atoms with Gasteiger partial charge in [0.2, 0.25) is 0 Å². The minimum Gasteiger partial charge on any atom is -0.357 e. The lowest BCUT2D eigenvalue weighted by Gasteiger charge is -2.33. The highest BCUT2D eigenvalue weighted by Crippen LogP contribution is 2.46. The Hall–Kier alpha value is -3.09. The molecule has 32 heavy (non-hydrogen) atoms. The minimum absolute atomic E-state index is 0.0797. The third-order valence-electron chi connectivity index (χ3n) is 5.83. The molecule has 2 N–H and O–H groups in total. The Balaban J connectivity index is 1.67. The van der Waals surface area contributed by atoms with Gasteiger partial charge in [-0.25, -0.2) is 4.79 Å². The molecule has 2 aromatic carbocycles. The van der Waals surface area contributed by atoms with Gasteiger partial charge in [0.15, 0.2) is 5.78 Å². The Morgan fingerprint density at radius 3 is 2.78 bits per heavy atom. The van der Waals surface area contributed by atoms with Crippen LogP contribution in [0.3, 0.4) is 0 Å². The molecule has 5 rings (SSSR count). The molecule has 0 saturated heterocycles. The van der Waals surface area contributed by atoms with Crippen molar-refractivity contribution in [3.05, 3.63) is 86.7 Å². The summed E-state index contributed by atoms with van der Waals surface area (Å²) >= 11 is 7.95. The normalized spacial score (nSPS) is 17.9. The molecule has 1 aromatic heterocycles. The van der Waals surface area contributed by atoms with Gasteiger partial charge in [0.05, 0.1) is 22.1 Å². The fourth-order valence-electron chi connectivity index (χ4n) is 4.37. The number of hydrogen-bond donors (Lipinski definition) is 2. The van der Waals surface area contributed by atoms with Gasteiger partial charge >= 0.3 is 6.03 Å². The number of aryl methyl sites for hydroxylation is 1. The van der Waals surface area contributed by atoms with E-state index in [9.17, 15) is 9.59 Å². The van der Waals surface area contributed by atoms with Crippen molar-refractivity contribution in [2.24, 2.45) is 0 Å². The van der Waals surface area contributed by atoms with E-state index in [1.165, 1.54) is 0 Å². The summed E-state index contributed by atoms with van der Waals surface area (Å²) in [6.45, 7) is 1.95. The number of rotatable bonds is 2. The summed E-state index contributed by atoms with van der Waals surface area (Å²) in [5.41, 5.74) is 4.63. The molecule has 1 unspecified atom stereocenters. The van der Waals surface area contributed by atoms with Crippen LogP contribution in [-0.4, -0.2) is 11.8 Å². The first-order valence-corrected chi connectivity index (χ1v) is 11.8. The molecule has 1 aliphatic heterocycles. The molecule has 0 bridgehead atoms. The van der Waals surface area contributed by atoms with E-state index < -0.39 is 6.04 Å². The van der Waals surface area contributed by atoms with Gasteiger partial charge in [-0.05, 0) is 61.0 Å². The second-order valence-corrected chi connectivity index (χ2v) is 9.40. The molecule has 3 aromatic rings. The highest BCUT2D eigenvalue weighted by Gasteiger charge is 2.40. The number of carbonyl (C=O) groups is 2. The van der Waals surface area contributed by atoms with Gasteiger partial charge in [0, 0.05) is 22.6 Å². The second-order valence-electron chi connectivity index (χ2n) is 8.01. The van der Waals surface area contributed by atoms with E-state index in [-0.39, 0.29) is 11.8 Å². The van der Waals surface area contributed by atoms with Crippen LogP contribution in [0.2, 0.25) is 5.02 Å². The van der Waals surface area contributed by atoms with Gasteiger partial charge < -0.3 is 10.6 Å². The van der Waals surface area contributed by atoms with E-state index in [1.54, 1.807) is 22.3 Å². The molecule has 2 heterocycles. The number of Topliss-reactive ketones (excluding diaryl/α,β-unsaturated/α-hetero) is 1. The number of anilines is 3. The van der Waals surface area contributed by atoms with E-state index in [0.29, 0.717) is 28.4 Å². The molecule has 5 nitrogen and oxygen atoms in total. The zero-order valence-electron chi connectivity index (χ0n) is 17.5. The van der Waals surface area contributed by atoms with Crippen LogP contribution in [0.15, 0.2) is 71.2 Å². The first-order chi connectivity index (χ1) is 15.5. The predicted molar refractivity (Wildman–Crippen MR) is 131 cm³/mol. The molecule has 0 fully saturated rings. The second kappa shape index (κ2) is 8.45. The fraction of sp³-hybridized carbons (Fsp3) is 0.200. The number of halogens is 1. The lowest BCUT2D eigenvalue weighted by Crippen LogP contribution is -2.40. The standard InChI is InChI=1S/C25H22ClN3O2S/c1-15-11-12-17(16(26)14-15)28-25(31)29-20-8-3-2-6-18(20)27-19-7-4-9-21(30)23(19)24(29)22-10-5-13-32-22/h2-3,5-6,8,10-14,24,27H,4,7,9H2,1H3,(H,28,31). The molecule has 162 valence electrons. The van der Waals surface area contributed by atoms with Gasteiger partial charge in [-0.15, -0.1) is 11.3 Å². The van der Waals surface area contributed by atoms with E-state index in [2.05, 4.69) is 10.6 Å². The number of carbonyl (C=O) groups excluding carboxylic acids is 2. The number of nitrogens with one attached hydrogen (secondary N) is 2. The summed E-state index contributed by atoms with van der Waals surface area (Å²) in [4.78, 5) is 29.6. The molecule has 7 heteroatoms. The molecule has 2 amide bonds. The lowest BCUT2D eigenvalue weighted by atomic mass is 9.88. The summed E-state index contributed by atoms with van der Waals surface area (Å²) in [5.74, 6) is 0.0797. The number of benzene rings is 2. The number of fused-ring (bicyclic) bond motifs is 1. The summed E-state index contributed by atoms with van der Waals surface area (Å²) in [6, 6.07) is 16.3. The number of hydrogen-bond acceptors (Lipinski definition) is 4. The Labute approximate surface area is 195 Å². The van der Waals surface area contributed by atoms with Crippen molar-refractivity contribution in [3.63, 3.8) is 0 Å². The number of para-hydroxylation sites is 2. The van der Waals surface area contributed by atoms with Gasteiger partial charge in [0.25, 0.3) is 0 Å². The van der Waals surface area contributed by atoms with Crippen LogP contribution in [0.5, 0.6) is 0 Å². The highest BCUT2D eigenvalue weighted by atomic mass is 35.5. The van der Waals surface area contributed by atoms with Gasteiger partial charge in [-0.2, -0.15) is 0 Å². The molecule has 0 spiro atoms. The van der Waals surface area contributed by atoms with Crippen molar-refractivity contribution in [3.8, 4) is 0 Å². The predicted octanol–water partition coefficient (Wildman–Crippen LogP) is 6.92. The van der Waals surface area contributed by atoms with Crippen LogP contribution >= 0.6 is 22.9 Å². The maximum absolute atomic E-state index is 13.8. The monoisotopic (exact) mass is 463 g/mol. The van der Waals surface area contributed by atoms with Crippen molar-refractivity contribution in [2.45, 2.75) is 32.2 Å². The van der Waals surface area contributed by atoms with Crippen LogP contribution in [0.25, 0.3) is 0 Å². The number of urea groups is 1. The largest absolute Gasteiger partial charge is 0.357 e. The van der Waals surface area contributed by atoms with Crippen LogP contribution in [0.4, 0.5) is 21.9 Å². The summed E-state index contributed by atoms with van der Waals surface area (Å²) < 4.78 is 0. The van der Waals surface area contributed by atoms with Crippen LogP contribution in [0.1, 0.15) is 35.7 Å². The van der Waals surface area contributed by atoms with E-state index in [4.69, 9.17) is 11.6 Å². The molecule has 2 aliphatic rings. The van der Waals surface area contributed by atoms with Crippen LogP contribution in [0, 0.1) is 6.92 Å². The smallest absolute Gasteiger partial charge is 0.327 e. The zero-order valence-corrected chi connectivity index (χ0v) is 19.1. The third kappa shape index (κ3) is 3.70. The van der Waals surface area contributed by atoms with Crippen molar-refractivity contribution in [2.75, 3.05) is 15.5 Å². The Morgan fingerprint density at radius 1 is 1.16 bits per heavy atom. The summed E-state index contributed by atoms with van der Waals surface area (Å²) in [7, 11) is 0. The number of nitrogens with zero attached hydrogens (tertiary/aromatic N) is 1. The number of allylic oxidation sites excluding steroid dienone is 1. The van der Waals surface area contributed by atoms with Crippen molar-refractivity contribution < 1.29 is 9.59 Å². The van der Waals surface area contributed by atoms with E-state index >= 15 is 0 Å². The molecule has 1 atom stereocenters. The van der Waals surface area contributed by atoms with Crippen molar-refractivity contribution >= 4 is 51.8 Å². The molecular formula is C25H22ClN3O2S. The average Bonchev–Trinajstić information content (AvgIpc) is 3.25. The first kappa shape index (κ1) is 20.8.